The quantitative estimate of drug-likeness (QED) is 0.842. The number of piperidine rings is 1. The van der Waals surface area contributed by atoms with Crippen LogP contribution >= 0.6 is 0 Å². The van der Waals surface area contributed by atoms with Crippen LogP contribution in [0, 0.1) is 0 Å². The smallest absolute Gasteiger partial charge is 0.0761 e. The van der Waals surface area contributed by atoms with Crippen LogP contribution in [0.15, 0.2) is 24.3 Å². The average molecular weight is 247 g/mol. The Balaban J connectivity index is 1.83. The van der Waals surface area contributed by atoms with Crippen LogP contribution < -0.4 is 4.90 Å². The van der Waals surface area contributed by atoms with Crippen molar-refractivity contribution < 1.29 is 10.2 Å². The molecule has 1 aromatic rings. The van der Waals surface area contributed by atoms with Crippen LogP contribution in [0.5, 0.6) is 0 Å². The first-order valence-electron chi connectivity index (χ1n) is 6.89. The predicted octanol–water partition coefficient (Wildman–Crippen LogP) is 2.23. The lowest BCUT2D eigenvalue weighted by molar-refractivity contribution is 0.126. The molecule has 0 aromatic heterocycles. The van der Waals surface area contributed by atoms with Gasteiger partial charge >= 0.3 is 0 Å². The molecule has 3 rings (SSSR count). The normalized spacial score (nSPS) is 32.6. The van der Waals surface area contributed by atoms with Crippen LogP contribution in [0.4, 0.5) is 5.69 Å². The van der Waals surface area contributed by atoms with Gasteiger partial charge in [-0.1, -0.05) is 12.1 Å². The van der Waals surface area contributed by atoms with Gasteiger partial charge < -0.3 is 15.1 Å². The zero-order chi connectivity index (χ0) is 12.7. The topological polar surface area (TPSA) is 43.7 Å². The fraction of sp³-hybridized carbons (Fsp3) is 0.600. The van der Waals surface area contributed by atoms with Gasteiger partial charge in [-0.3, -0.25) is 0 Å². The molecule has 2 unspecified atom stereocenters. The zero-order valence-corrected chi connectivity index (χ0v) is 10.8. The summed E-state index contributed by atoms with van der Waals surface area (Å²) < 4.78 is 0. The van der Waals surface area contributed by atoms with E-state index >= 15 is 0 Å². The number of rotatable bonds is 2. The van der Waals surface area contributed by atoms with E-state index in [1.807, 2.05) is 12.1 Å². The number of benzene rings is 1. The maximum absolute atomic E-state index is 9.81. The van der Waals surface area contributed by atoms with Crippen molar-refractivity contribution in [3.63, 3.8) is 0 Å². The van der Waals surface area contributed by atoms with Gasteiger partial charge in [-0.05, 0) is 50.3 Å². The minimum Gasteiger partial charge on any atom is -0.393 e. The molecular formula is C15H21NO2. The van der Waals surface area contributed by atoms with Gasteiger partial charge in [0, 0.05) is 17.8 Å². The number of fused-ring (bicyclic) bond motifs is 2. The first-order chi connectivity index (χ1) is 8.65. The Hall–Kier alpha value is -1.06. The summed E-state index contributed by atoms with van der Waals surface area (Å²) in [6.45, 7) is 1.79. The van der Waals surface area contributed by atoms with E-state index in [4.69, 9.17) is 0 Å². The minimum atomic E-state index is -0.404. The summed E-state index contributed by atoms with van der Waals surface area (Å²) in [5.74, 6) is 0. The molecule has 2 aliphatic rings. The number of hydrogen-bond acceptors (Lipinski definition) is 3. The van der Waals surface area contributed by atoms with Crippen molar-refractivity contribution in [3.8, 4) is 0 Å². The monoisotopic (exact) mass is 247 g/mol. The van der Waals surface area contributed by atoms with E-state index in [0.717, 1.165) is 18.4 Å². The summed E-state index contributed by atoms with van der Waals surface area (Å²) in [4.78, 5) is 2.47. The number of nitrogens with zero attached hydrogens (tertiary/aromatic N) is 1. The van der Waals surface area contributed by atoms with E-state index < -0.39 is 6.10 Å². The summed E-state index contributed by atoms with van der Waals surface area (Å²) in [6, 6.07) is 9.21. The van der Waals surface area contributed by atoms with Gasteiger partial charge in [0.2, 0.25) is 0 Å². The molecule has 2 fully saturated rings. The van der Waals surface area contributed by atoms with Crippen LogP contribution in [0.1, 0.15) is 44.3 Å². The molecule has 0 spiro atoms. The second kappa shape index (κ2) is 4.56. The molecule has 0 radical (unpaired) electrons. The van der Waals surface area contributed by atoms with Crippen molar-refractivity contribution in [3.05, 3.63) is 29.8 Å². The van der Waals surface area contributed by atoms with Crippen LogP contribution in [-0.4, -0.2) is 28.4 Å². The van der Waals surface area contributed by atoms with Gasteiger partial charge in [-0.2, -0.15) is 0 Å². The van der Waals surface area contributed by atoms with E-state index in [2.05, 4.69) is 17.0 Å². The third-order valence-electron chi connectivity index (χ3n) is 4.38. The van der Waals surface area contributed by atoms with E-state index in [1.165, 1.54) is 18.5 Å². The summed E-state index contributed by atoms with van der Waals surface area (Å²) in [5.41, 5.74) is 2.20. The molecule has 0 amide bonds. The Morgan fingerprint density at radius 2 is 1.67 bits per heavy atom. The highest BCUT2D eigenvalue weighted by molar-refractivity contribution is 5.51. The summed E-state index contributed by atoms with van der Waals surface area (Å²) >= 11 is 0. The van der Waals surface area contributed by atoms with Crippen molar-refractivity contribution >= 4 is 5.69 Å². The van der Waals surface area contributed by atoms with E-state index in [9.17, 15) is 10.2 Å². The fourth-order valence-corrected chi connectivity index (χ4v) is 3.49. The standard InChI is InChI=1S/C15H21NO2/c1-10(17)11-2-4-12(5-3-11)16-13-6-7-14(16)9-15(18)8-13/h2-5,10,13-15,17-18H,6-9H2,1H3/t10-,13?,14?,15?/m1/s1. The third kappa shape index (κ3) is 2.02. The van der Waals surface area contributed by atoms with Crippen LogP contribution in [0.2, 0.25) is 0 Å². The highest BCUT2D eigenvalue weighted by Gasteiger charge is 2.40. The molecule has 0 saturated carbocycles. The molecule has 2 N–H and O–H groups in total. The van der Waals surface area contributed by atoms with Crippen LogP contribution in [0.25, 0.3) is 0 Å². The number of aliphatic hydroxyl groups is 2. The Morgan fingerprint density at radius 3 is 2.17 bits per heavy atom. The fourth-order valence-electron chi connectivity index (χ4n) is 3.49. The predicted molar refractivity (Wildman–Crippen MR) is 71.6 cm³/mol. The number of aliphatic hydroxyl groups excluding tert-OH is 2. The number of hydrogen-bond donors (Lipinski definition) is 2. The molecule has 2 heterocycles. The Labute approximate surface area is 108 Å². The van der Waals surface area contributed by atoms with Gasteiger partial charge in [-0.15, -0.1) is 0 Å². The summed E-state index contributed by atoms with van der Waals surface area (Å²) in [5, 5.41) is 19.3. The van der Waals surface area contributed by atoms with Gasteiger partial charge in [0.1, 0.15) is 0 Å². The van der Waals surface area contributed by atoms with Crippen molar-refractivity contribution in [2.45, 2.75) is 56.9 Å². The van der Waals surface area contributed by atoms with Crippen molar-refractivity contribution in [1.29, 1.82) is 0 Å². The van der Waals surface area contributed by atoms with E-state index in [0.29, 0.717) is 12.1 Å². The van der Waals surface area contributed by atoms with Crippen molar-refractivity contribution in [1.82, 2.24) is 0 Å². The van der Waals surface area contributed by atoms with E-state index in [1.54, 1.807) is 6.92 Å². The Bertz CT molecular complexity index is 401. The Morgan fingerprint density at radius 1 is 1.11 bits per heavy atom. The van der Waals surface area contributed by atoms with Crippen LogP contribution in [0.3, 0.4) is 0 Å². The first-order valence-corrected chi connectivity index (χ1v) is 6.89. The molecule has 2 bridgehead atoms. The summed E-state index contributed by atoms with van der Waals surface area (Å²) in [7, 11) is 0. The van der Waals surface area contributed by atoms with Gasteiger partial charge in [-0.25, -0.2) is 0 Å². The molecule has 2 saturated heterocycles. The highest BCUT2D eigenvalue weighted by atomic mass is 16.3. The van der Waals surface area contributed by atoms with Gasteiger partial charge in [0.05, 0.1) is 12.2 Å². The first kappa shape index (κ1) is 12.0. The SMILES string of the molecule is C[C@@H](O)c1ccc(N2C3CCC2CC(O)C3)cc1. The summed E-state index contributed by atoms with van der Waals surface area (Å²) in [6.07, 6.45) is 3.66. The minimum absolute atomic E-state index is 0.115. The molecule has 2 aliphatic heterocycles. The lowest BCUT2D eigenvalue weighted by Gasteiger charge is -2.39. The molecule has 3 heteroatoms. The molecule has 18 heavy (non-hydrogen) atoms. The molecule has 98 valence electrons. The number of anilines is 1. The van der Waals surface area contributed by atoms with Crippen LogP contribution in [-0.2, 0) is 0 Å². The Kier molecular flexibility index (Phi) is 3.04. The second-order valence-electron chi connectivity index (χ2n) is 5.69. The maximum atomic E-state index is 9.81. The van der Waals surface area contributed by atoms with Gasteiger partial charge in [0.15, 0.2) is 0 Å². The third-order valence-corrected chi connectivity index (χ3v) is 4.38. The van der Waals surface area contributed by atoms with Crippen molar-refractivity contribution in [2.75, 3.05) is 4.90 Å². The molecule has 0 aliphatic carbocycles. The highest BCUT2D eigenvalue weighted by Crippen LogP contribution is 2.39. The van der Waals surface area contributed by atoms with E-state index in [-0.39, 0.29) is 6.10 Å². The second-order valence-corrected chi connectivity index (χ2v) is 5.69. The lowest BCUT2D eigenvalue weighted by atomic mass is 9.98. The lowest BCUT2D eigenvalue weighted by Crippen LogP contribution is -2.44. The van der Waals surface area contributed by atoms with Gasteiger partial charge in [0.25, 0.3) is 0 Å². The molecule has 3 atom stereocenters. The zero-order valence-electron chi connectivity index (χ0n) is 10.8. The molecule has 1 aromatic carbocycles. The average Bonchev–Trinajstić information content (AvgIpc) is 2.62. The molecule has 3 nitrogen and oxygen atoms in total. The molecular weight excluding hydrogens is 226 g/mol. The van der Waals surface area contributed by atoms with Crippen molar-refractivity contribution in [2.24, 2.45) is 0 Å². The maximum Gasteiger partial charge on any atom is 0.0761 e. The largest absolute Gasteiger partial charge is 0.393 e.